The van der Waals surface area contributed by atoms with Crippen LogP contribution < -0.4 is 10.1 Å². The Morgan fingerprint density at radius 2 is 1.85 bits per heavy atom. The number of nitrogens with zero attached hydrogens (tertiary/aromatic N) is 2. The molecule has 1 N–H and O–H groups in total. The second kappa shape index (κ2) is 6.22. The molecule has 7 heteroatoms. The largest absolute Gasteiger partial charge is 0.437 e. The van der Waals surface area contributed by atoms with Gasteiger partial charge in [-0.15, -0.1) is 0 Å². The van der Waals surface area contributed by atoms with Gasteiger partial charge in [-0.3, -0.25) is 0 Å². The SMILES string of the molecule is CNCc1c(C)nn(C)c1Oc1cc(Cl)c(Cl)cc1Cl. The monoisotopic (exact) mass is 333 g/mol. The Morgan fingerprint density at radius 1 is 1.20 bits per heavy atom. The van der Waals surface area contributed by atoms with Crippen LogP contribution in [0.1, 0.15) is 11.3 Å². The number of benzene rings is 1. The third kappa shape index (κ3) is 3.04. The summed E-state index contributed by atoms with van der Waals surface area (Å²) in [5.41, 5.74) is 1.87. The fourth-order valence-electron chi connectivity index (χ4n) is 1.88. The van der Waals surface area contributed by atoms with Gasteiger partial charge in [0.05, 0.1) is 26.3 Å². The molecule has 1 aromatic carbocycles. The molecule has 0 atom stereocenters. The molecule has 0 aliphatic carbocycles. The molecule has 2 rings (SSSR count). The molecule has 0 fully saturated rings. The Labute approximate surface area is 132 Å². The number of halogens is 3. The van der Waals surface area contributed by atoms with Crippen LogP contribution in [0.2, 0.25) is 15.1 Å². The topological polar surface area (TPSA) is 39.1 Å². The van der Waals surface area contributed by atoms with Crippen LogP contribution in [0, 0.1) is 6.92 Å². The van der Waals surface area contributed by atoms with Crippen molar-refractivity contribution in [2.45, 2.75) is 13.5 Å². The van der Waals surface area contributed by atoms with E-state index in [4.69, 9.17) is 39.5 Å². The van der Waals surface area contributed by atoms with Gasteiger partial charge in [-0.1, -0.05) is 34.8 Å². The van der Waals surface area contributed by atoms with Crippen molar-refractivity contribution in [3.63, 3.8) is 0 Å². The van der Waals surface area contributed by atoms with Crippen LogP contribution in [0.5, 0.6) is 11.6 Å². The standard InChI is InChI=1S/C13H14Cl3N3O/c1-7-8(6-17-2)13(19(3)18-7)20-12-5-10(15)9(14)4-11(12)16/h4-5,17H,6H2,1-3H3. The van der Waals surface area contributed by atoms with Gasteiger partial charge in [-0.25, -0.2) is 4.68 Å². The lowest BCUT2D eigenvalue weighted by Gasteiger charge is -2.11. The van der Waals surface area contributed by atoms with E-state index >= 15 is 0 Å². The lowest BCUT2D eigenvalue weighted by Crippen LogP contribution is -2.07. The average Bonchev–Trinajstić information content (AvgIpc) is 2.63. The van der Waals surface area contributed by atoms with Crippen molar-refractivity contribution in [1.29, 1.82) is 0 Å². The maximum absolute atomic E-state index is 6.13. The van der Waals surface area contributed by atoms with E-state index in [0.29, 0.717) is 33.2 Å². The van der Waals surface area contributed by atoms with Crippen LogP contribution in [0.3, 0.4) is 0 Å². The van der Waals surface area contributed by atoms with E-state index in [-0.39, 0.29) is 0 Å². The van der Waals surface area contributed by atoms with Crippen molar-refractivity contribution in [3.8, 4) is 11.6 Å². The Bertz CT molecular complexity index is 640. The first-order chi connectivity index (χ1) is 9.43. The summed E-state index contributed by atoms with van der Waals surface area (Å²) in [5, 5.41) is 8.61. The minimum absolute atomic E-state index is 0.389. The molecular formula is C13H14Cl3N3O. The van der Waals surface area contributed by atoms with Crippen molar-refractivity contribution < 1.29 is 4.74 Å². The molecule has 1 heterocycles. The number of hydrogen-bond acceptors (Lipinski definition) is 3. The zero-order chi connectivity index (χ0) is 14.9. The van der Waals surface area contributed by atoms with E-state index < -0.39 is 0 Å². The normalized spacial score (nSPS) is 10.9. The maximum Gasteiger partial charge on any atom is 0.222 e. The van der Waals surface area contributed by atoms with Gasteiger partial charge in [0, 0.05) is 19.7 Å². The fraction of sp³-hybridized carbons (Fsp3) is 0.308. The molecule has 108 valence electrons. The minimum atomic E-state index is 0.389. The summed E-state index contributed by atoms with van der Waals surface area (Å²) in [6.45, 7) is 2.57. The fourth-order valence-corrected chi connectivity index (χ4v) is 2.45. The van der Waals surface area contributed by atoms with Crippen LogP contribution in [0.4, 0.5) is 0 Å². The highest BCUT2D eigenvalue weighted by Crippen LogP contribution is 2.37. The summed E-state index contributed by atoms with van der Waals surface area (Å²) in [4.78, 5) is 0. The Kier molecular flexibility index (Phi) is 4.81. The van der Waals surface area contributed by atoms with E-state index in [1.807, 2.05) is 21.0 Å². The van der Waals surface area contributed by atoms with Crippen molar-refractivity contribution in [1.82, 2.24) is 15.1 Å². The number of nitrogens with one attached hydrogen (secondary N) is 1. The molecule has 0 spiro atoms. The minimum Gasteiger partial charge on any atom is -0.437 e. The van der Waals surface area contributed by atoms with Gasteiger partial charge in [0.2, 0.25) is 5.88 Å². The Hall–Kier alpha value is -0.940. The highest BCUT2D eigenvalue weighted by atomic mass is 35.5. The molecule has 0 bridgehead atoms. The van der Waals surface area contributed by atoms with Crippen molar-refractivity contribution in [2.24, 2.45) is 7.05 Å². The maximum atomic E-state index is 6.13. The van der Waals surface area contributed by atoms with Gasteiger partial charge in [0.15, 0.2) is 0 Å². The number of rotatable bonds is 4. The van der Waals surface area contributed by atoms with Crippen LogP contribution >= 0.6 is 34.8 Å². The van der Waals surface area contributed by atoms with Crippen LogP contribution in [0.15, 0.2) is 12.1 Å². The number of aryl methyl sites for hydroxylation is 2. The second-order valence-electron chi connectivity index (χ2n) is 4.32. The molecule has 0 saturated heterocycles. The molecule has 1 aromatic heterocycles. The van der Waals surface area contributed by atoms with E-state index in [1.54, 1.807) is 16.8 Å². The predicted molar refractivity (Wildman–Crippen MR) is 82.3 cm³/mol. The second-order valence-corrected chi connectivity index (χ2v) is 5.54. The van der Waals surface area contributed by atoms with Gasteiger partial charge < -0.3 is 10.1 Å². The van der Waals surface area contributed by atoms with E-state index in [9.17, 15) is 0 Å². The summed E-state index contributed by atoms with van der Waals surface area (Å²) < 4.78 is 7.53. The van der Waals surface area contributed by atoms with Crippen molar-refractivity contribution in [2.75, 3.05) is 7.05 Å². The molecule has 0 unspecified atom stereocenters. The van der Waals surface area contributed by atoms with Crippen LogP contribution in [-0.4, -0.2) is 16.8 Å². The zero-order valence-corrected chi connectivity index (χ0v) is 13.6. The number of ether oxygens (including phenoxy) is 1. The van der Waals surface area contributed by atoms with E-state index in [0.717, 1.165) is 11.3 Å². The first-order valence-electron chi connectivity index (χ1n) is 5.93. The first-order valence-corrected chi connectivity index (χ1v) is 7.07. The molecule has 0 aliphatic heterocycles. The van der Waals surface area contributed by atoms with E-state index in [1.165, 1.54) is 0 Å². The van der Waals surface area contributed by atoms with Crippen molar-refractivity contribution >= 4 is 34.8 Å². The smallest absolute Gasteiger partial charge is 0.222 e. The summed E-state index contributed by atoms with van der Waals surface area (Å²) in [5.74, 6) is 1.07. The van der Waals surface area contributed by atoms with Crippen LogP contribution in [-0.2, 0) is 13.6 Å². The highest BCUT2D eigenvalue weighted by molar-refractivity contribution is 6.43. The number of hydrogen-bond donors (Lipinski definition) is 1. The molecule has 4 nitrogen and oxygen atoms in total. The molecule has 0 saturated carbocycles. The molecule has 0 aliphatic rings. The first kappa shape index (κ1) is 15.4. The quantitative estimate of drug-likeness (QED) is 0.852. The van der Waals surface area contributed by atoms with Gasteiger partial charge in [-0.05, 0) is 20.0 Å². The summed E-state index contributed by atoms with van der Waals surface area (Å²) in [6, 6.07) is 3.15. The lowest BCUT2D eigenvalue weighted by molar-refractivity contribution is 0.425. The molecule has 20 heavy (non-hydrogen) atoms. The zero-order valence-electron chi connectivity index (χ0n) is 11.3. The lowest BCUT2D eigenvalue weighted by atomic mass is 10.2. The third-order valence-electron chi connectivity index (χ3n) is 2.82. The summed E-state index contributed by atoms with van der Waals surface area (Å²) >= 11 is 18.0. The average molecular weight is 335 g/mol. The number of aromatic nitrogens is 2. The van der Waals surface area contributed by atoms with Gasteiger partial charge in [0.25, 0.3) is 0 Å². The van der Waals surface area contributed by atoms with Gasteiger partial charge in [-0.2, -0.15) is 5.10 Å². The third-order valence-corrected chi connectivity index (χ3v) is 3.84. The predicted octanol–water partition coefficient (Wildman–Crippen LogP) is 4.20. The molecular weight excluding hydrogens is 321 g/mol. The summed E-state index contributed by atoms with van der Waals surface area (Å²) in [6.07, 6.45) is 0. The van der Waals surface area contributed by atoms with Gasteiger partial charge >= 0.3 is 0 Å². The molecule has 0 amide bonds. The molecule has 2 aromatic rings. The highest BCUT2D eigenvalue weighted by Gasteiger charge is 2.17. The Balaban J connectivity index is 2.42. The van der Waals surface area contributed by atoms with E-state index in [2.05, 4.69) is 10.4 Å². The molecule has 0 radical (unpaired) electrons. The van der Waals surface area contributed by atoms with Crippen LogP contribution in [0.25, 0.3) is 0 Å². The Morgan fingerprint density at radius 3 is 2.50 bits per heavy atom. The van der Waals surface area contributed by atoms with Gasteiger partial charge in [0.1, 0.15) is 5.75 Å². The summed E-state index contributed by atoms with van der Waals surface area (Å²) in [7, 11) is 3.68. The van der Waals surface area contributed by atoms with Crippen molar-refractivity contribution in [3.05, 3.63) is 38.5 Å².